The van der Waals surface area contributed by atoms with Crippen molar-refractivity contribution >= 4 is 29.4 Å². The molecular formula is C12H20N4O4S. The summed E-state index contributed by atoms with van der Waals surface area (Å²) in [5, 5.41) is 17.6. The Morgan fingerprint density at radius 1 is 1.48 bits per heavy atom. The minimum absolute atomic E-state index is 0.102. The van der Waals surface area contributed by atoms with Crippen molar-refractivity contribution in [3.05, 3.63) is 11.3 Å². The standard InChI is InChI=1S/C12H20N4O4S/c1-7-9(10(17)18)8(15-11(21)14-7)6-20-12(19)13-4-5-16(2)3/h8H,4-6H2,1-3H3,(H,13,19)(H,17,18)(H2,14,15,21). The van der Waals surface area contributed by atoms with Crippen LogP contribution in [0.2, 0.25) is 0 Å². The molecular weight excluding hydrogens is 296 g/mol. The lowest BCUT2D eigenvalue weighted by molar-refractivity contribution is -0.133. The molecule has 0 bridgehead atoms. The van der Waals surface area contributed by atoms with Gasteiger partial charge in [0.2, 0.25) is 0 Å². The van der Waals surface area contributed by atoms with Gasteiger partial charge in [-0.15, -0.1) is 0 Å². The van der Waals surface area contributed by atoms with E-state index in [1.807, 2.05) is 19.0 Å². The molecule has 4 N–H and O–H groups in total. The van der Waals surface area contributed by atoms with Gasteiger partial charge in [-0.1, -0.05) is 0 Å². The summed E-state index contributed by atoms with van der Waals surface area (Å²) in [4.78, 5) is 24.7. The van der Waals surface area contributed by atoms with E-state index in [-0.39, 0.29) is 12.2 Å². The number of carboxylic acid groups (broad SMARTS) is 1. The lowest BCUT2D eigenvalue weighted by atomic mass is 10.0. The smallest absolute Gasteiger partial charge is 0.407 e. The lowest BCUT2D eigenvalue weighted by Crippen LogP contribution is -2.52. The monoisotopic (exact) mass is 316 g/mol. The van der Waals surface area contributed by atoms with E-state index in [0.717, 1.165) is 0 Å². The molecule has 0 saturated heterocycles. The zero-order valence-electron chi connectivity index (χ0n) is 12.2. The molecule has 0 aromatic heterocycles. The number of nitrogens with one attached hydrogen (secondary N) is 3. The van der Waals surface area contributed by atoms with Gasteiger partial charge in [-0.3, -0.25) is 0 Å². The summed E-state index contributed by atoms with van der Waals surface area (Å²) in [6, 6.07) is -0.671. The predicted molar refractivity (Wildman–Crippen MR) is 80.9 cm³/mol. The number of aliphatic carboxylic acids is 1. The van der Waals surface area contributed by atoms with E-state index >= 15 is 0 Å². The number of carboxylic acids is 1. The van der Waals surface area contributed by atoms with Crippen LogP contribution in [0.5, 0.6) is 0 Å². The van der Waals surface area contributed by atoms with Crippen molar-refractivity contribution in [2.45, 2.75) is 13.0 Å². The number of carbonyl (C=O) groups excluding carboxylic acids is 1. The SMILES string of the molecule is CC1=C(C(=O)O)C(COC(=O)NCCN(C)C)NC(=S)N1. The Kier molecular flexibility index (Phi) is 6.38. The van der Waals surface area contributed by atoms with E-state index in [2.05, 4.69) is 16.0 Å². The van der Waals surface area contributed by atoms with Gasteiger partial charge in [0.25, 0.3) is 0 Å². The summed E-state index contributed by atoms with van der Waals surface area (Å²) in [5.74, 6) is -1.09. The average molecular weight is 316 g/mol. The molecule has 0 fully saturated rings. The van der Waals surface area contributed by atoms with Gasteiger partial charge in [0.15, 0.2) is 5.11 Å². The number of rotatable bonds is 6. The van der Waals surface area contributed by atoms with E-state index in [1.165, 1.54) is 0 Å². The van der Waals surface area contributed by atoms with Crippen LogP contribution in [-0.2, 0) is 9.53 Å². The van der Waals surface area contributed by atoms with Crippen LogP contribution >= 0.6 is 12.2 Å². The maximum atomic E-state index is 11.5. The van der Waals surface area contributed by atoms with Crippen molar-refractivity contribution in [1.82, 2.24) is 20.9 Å². The summed E-state index contributed by atoms with van der Waals surface area (Å²) in [6.45, 7) is 2.63. The molecule has 0 spiro atoms. The Morgan fingerprint density at radius 2 is 2.14 bits per heavy atom. The highest BCUT2D eigenvalue weighted by molar-refractivity contribution is 7.80. The Labute approximate surface area is 128 Å². The molecule has 1 amide bonds. The zero-order valence-corrected chi connectivity index (χ0v) is 13.0. The predicted octanol–water partition coefficient (Wildman–Crippen LogP) is -0.521. The number of ether oxygens (including phenoxy) is 1. The van der Waals surface area contributed by atoms with Crippen LogP contribution in [0.25, 0.3) is 0 Å². The molecule has 1 rings (SSSR count). The number of allylic oxidation sites excluding steroid dienone is 1. The number of thiocarbonyl (C=S) groups is 1. The summed E-state index contributed by atoms with van der Waals surface area (Å²) in [5.41, 5.74) is 0.539. The molecule has 8 nitrogen and oxygen atoms in total. The van der Waals surface area contributed by atoms with Crippen LogP contribution < -0.4 is 16.0 Å². The number of amides is 1. The number of alkyl carbamates (subject to hydrolysis) is 1. The maximum Gasteiger partial charge on any atom is 0.407 e. The van der Waals surface area contributed by atoms with Gasteiger partial charge in [-0.2, -0.15) is 0 Å². The van der Waals surface area contributed by atoms with Crippen molar-refractivity contribution in [2.24, 2.45) is 0 Å². The van der Waals surface area contributed by atoms with Crippen LogP contribution in [0.15, 0.2) is 11.3 Å². The first kappa shape index (κ1) is 17.2. The Morgan fingerprint density at radius 3 is 2.71 bits per heavy atom. The first-order valence-corrected chi connectivity index (χ1v) is 6.79. The molecule has 0 aliphatic carbocycles. The molecule has 0 radical (unpaired) electrons. The highest BCUT2D eigenvalue weighted by Crippen LogP contribution is 2.12. The van der Waals surface area contributed by atoms with Gasteiger partial charge in [-0.25, -0.2) is 9.59 Å². The van der Waals surface area contributed by atoms with E-state index in [4.69, 9.17) is 17.0 Å². The van der Waals surface area contributed by atoms with Crippen molar-refractivity contribution in [3.8, 4) is 0 Å². The van der Waals surface area contributed by atoms with Crippen molar-refractivity contribution in [1.29, 1.82) is 0 Å². The Hall–Kier alpha value is -1.87. The maximum absolute atomic E-state index is 11.5. The molecule has 1 unspecified atom stereocenters. The fraction of sp³-hybridized carbons (Fsp3) is 0.583. The van der Waals surface area contributed by atoms with Gasteiger partial charge in [0.05, 0.1) is 11.6 Å². The van der Waals surface area contributed by atoms with Crippen LogP contribution in [0, 0.1) is 0 Å². The zero-order chi connectivity index (χ0) is 16.0. The molecule has 0 saturated carbocycles. The van der Waals surface area contributed by atoms with Gasteiger partial charge >= 0.3 is 12.1 Å². The number of hydrogen-bond acceptors (Lipinski definition) is 5. The third-order valence-corrected chi connectivity index (χ3v) is 3.02. The van der Waals surface area contributed by atoms with Gasteiger partial charge in [0, 0.05) is 18.8 Å². The molecule has 21 heavy (non-hydrogen) atoms. The van der Waals surface area contributed by atoms with Gasteiger partial charge < -0.3 is 30.7 Å². The van der Waals surface area contributed by atoms with Gasteiger partial charge in [0.1, 0.15) is 6.61 Å². The molecule has 0 aromatic rings. The molecule has 118 valence electrons. The van der Waals surface area contributed by atoms with Crippen molar-refractivity contribution in [3.63, 3.8) is 0 Å². The minimum Gasteiger partial charge on any atom is -0.478 e. The van der Waals surface area contributed by atoms with Crippen LogP contribution in [0.4, 0.5) is 4.79 Å². The fourth-order valence-corrected chi connectivity index (χ4v) is 2.09. The normalized spacial score (nSPS) is 18.1. The average Bonchev–Trinajstić information content (AvgIpc) is 2.34. The third kappa shape index (κ3) is 5.56. The number of carbonyl (C=O) groups is 2. The number of nitrogens with zero attached hydrogens (tertiary/aromatic N) is 1. The fourth-order valence-electron chi connectivity index (χ4n) is 1.79. The van der Waals surface area contributed by atoms with E-state index in [0.29, 0.717) is 23.9 Å². The lowest BCUT2D eigenvalue weighted by Gasteiger charge is -2.28. The Bertz CT molecular complexity index is 464. The number of likely N-dealkylation sites (N-methyl/N-ethyl adjacent to an activating group) is 1. The number of hydrogen-bond donors (Lipinski definition) is 4. The Balaban J connectivity index is 2.52. The summed E-state index contributed by atoms with van der Waals surface area (Å²) in [6.07, 6.45) is -0.592. The second-order valence-corrected chi connectivity index (χ2v) is 5.23. The molecule has 0 aromatic carbocycles. The third-order valence-electron chi connectivity index (χ3n) is 2.80. The van der Waals surface area contributed by atoms with Gasteiger partial charge in [-0.05, 0) is 33.2 Å². The van der Waals surface area contributed by atoms with Crippen LogP contribution in [0.3, 0.4) is 0 Å². The van der Waals surface area contributed by atoms with E-state index in [1.54, 1.807) is 6.92 Å². The molecule has 1 aliphatic rings. The van der Waals surface area contributed by atoms with Crippen LogP contribution in [-0.4, -0.2) is 67.0 Å². The summed E-state index contributed by atoms with van der Waals surface area (Å²) < 4.78 is 5.02. The summed E-state index contributed by atoms with van der Waals surface area (Å²) in [7, 11) is 3.78. The molecule has 1 atom stereocenters. The molecule has 1 aliphatic heterocycles. The summed E-state index contributed by atoms with van der Waals surface area (Å²) >= 11 is 4.97. The van der Waals surface area contributed by atoms with E-state index < -0.39 is 18.1 Å². The van der Waals surface area contributed by atoms with Crippen molar-refractivity contribution < 1.29 is 19.4 Å². The first-order valence-electron chi connectivity index (χ1n) is 6.38. The first-order chi connectivity index (χ1) is 9.81. The largest absolute Gasteiger partial charge is 0.478 e. The quantitative estimate of drug-likeness (QED) is 0.486. The topological polar surface area (TPSA) is 103 Å². The highest BCUT2D eigenvalue weighted by atomic mass is 32.1. The molecule has 9 heteroatoms. The minimum atomic E-state index is -1.09. The highest BCUT2D eigenvalue weighted by Gasteiger charge is 2.29. The van der Waals surface area contributed by atoms with Crippen molar-refractivity contribution in [2.75, 3.05) is 33.8 Å². The molecule has 1 heterocycles. The second kappa shape index (κ2) is 7.79. The van der Waals surface area contributed by atoms with E-state index in [9.17, 15) is 14.7 Å². The van der Waals surface area contributed by atoms with Crippen LogP contribution in [0.1, 0.15) is 6.92 Å². The second-order valence-electron chi connectivity index (χ2n) is 4.82.